The van der Waals surface area contributed by atoms with Crippen LogP contribution in [0.2, 0.25) is 0 Å². The first-order chi connectivity index (χ1) is 20.0. The van der Waals surface area contributed by atoms with Crippen molar-refractivity contribution in [2.24, 2.45) is 0 Å². The van der Waals surface area contributed by atoms with Crippen LogP contribution < -0.4 is 10.9 Å². The van der Waals surface area contributed by atoms with E-state index < -0.39 is 0 Å². The van der Waals surface area contributed by atoms with Crippen LogP contribution in [0.5, 0.6) is 0 Å². The molecular weight excluding hydrogens is 514 g/mol. The highest BCUT2D eigenvalue weighted by Crippen LogP contribution is 2.30. The van der Waals surface area contributed by atoms with Crippen LogP contribution in [0, 0.1) is 6.92 Å². The molecule has 0 fully saturated rings. The molecule has 41 heavy (non-hydrogen) atoms. The van der Waals surface area contributed by atoms with E-state index in [1.54, 1.807) is 6.92 Å². The lowest BCUT2D eigenvalue weighted by Gasteiger charge is -2.16. The fraction of sp³-hybridized carbons (Fsp3) is 0.250. The Morgan fingerprint density at radius 1 is 0.927 bits per heavy atom. The van der Waals surface area contributed by atoms with Crippen LogP contribution in [0.3, 0.4) is 0 Å². The molecular formula is C32H33N7O2. The van der Waals surface area contributed by atoms with Gasteiger partial charge in [0.1, 0.15) is 12.4 Å². The molecule has 0 saturated heterocycles. The van der Waals surface area contributed by atoms with Crippen molar-refractivity contribution < 1.29 is 4.79 Å². The molecule has 0 saturated carbocycles. The Bertz CT molecular complexity index is 1660. The monoisotopic (exact) mass is 547 g/mol. The highest BCUT2D eigenvalue weighted by Gasteiger charge is 2.17. The molecule has 5 rings (SSSR count). The molecule has 2 heterocycles. The zero-order chi connectivity index (χ0) is 28.6. The molecule has 0 unspecified atom stereocenters. The summed E-state index contributed by atoms with van der Waals surface area (Å²) in [4.78, 5) is 31.4. The average Bonchev–Trinajstić information content (AvgIpc) is 3.55. The van der Waals surface area contributed by atoms with Gasteiger partial charge in [0.15, 0.2) is 5.82 Å². The van der Waals surface area contributed by atoms with Crippen LogP contribution in [0.25, 0.3) is 22.5 Å². The topological polar surface area (TPSA) is 118 Å². The Hall–Kier alpha value is -4.92. The van der Waals surface area contributed by atoms with E-state index in [0.717, 1.165) is 52.8 Å². The number of carbonyl (C=O) groups is 1. The summed E-state index contributed by atoms with van der Waals surface area (Å²) in [5, 5.41) is 17.2. The van der Waals surface area contributed by atoms with E-state index in [-0.39, 0.29) is 18.0 Å². The highest BCUT2D eigenvalue weighted by molar-refractivity contribution is 5.80. The molecule has 0 aliphatic rings. The summed E-state index contributed by atoms with van der Waals surface area (Å²) in [5.41, 5.74) is 6.20. The van der Waals surface area contributed by atoms with Gasteiger partial charge in [-0.05, 0) is 52.4 Å². The molecule has 0 aliphatic carbocycles. The Morgan fingerprint density at radius 2 is 1.66 bits per heavy atom. The number of tetrazole rings is 1. The Morgan fingerprint density at radius 3 is 2.37 bits per heavy atom. The van der Waals surface area contributed by atoms with E-state index in [9.17, 15) is 9.59 Å². The summed E-state index contributed by atoms with van der Waals surface area (Å²) in [6.07, 6.45) is 3.09. The van der Waals surface area contributed by atoms with Crippen molar-refractivity contribution in [3.05, 3.63) is 117 Å². The van der Waals surface area contributed by atoms with Gasteiger partial charge in [-0.3, -0.25) is 14.2 Å². The molecule has 2 N–H and O–H groups in total. The van der Waals surface area contributed by atoms with Crippen LogP contribution in [0.15, 0.2) is 83.7 Å². The van der Waals surface area contributed by atoms with Gasteiger partial charge < -0.3 is 5.32 Å². The first kappa shape index (κ1) is 27.6. The lowest BCUT2D eigenvalue weighted by Crippen LogP contribution is -2.36. The number of aromatic amines is 1. The fourth-order valence-electron chi connectivity index (χ4n) is 4.89. The number of amides is 1. The number of hydrogen-bond acceptors (Lipinski definition) is 6. The predicted molar refractivity (Wildman–Crippen MR) is 158 cm³/mol. The molecule has 0 spiro atoms. The van der Waals surface area contributed by atoms with Gasteiger partial charge >= 0.3 is 0 Å². The van der Waals surface area contributed by atoms with Crippen LogP contribution in [0.4, 0.5) is 0 Å². The maximum Gasteiger partial charge on any atom is 0.257 e. The highest BCUT2D eigenvalue weighted by atomic mass is 16.2. The van der Waals surface area contributed by atoms with Gasteiger partial charge in [-0.1, -0.05) is 92.2 Å². The van der Waals surface area contributed by atoms with Crippen molar-refractivity contribution in [2.45, 2.75) is 52.6 Å². The Labute approximate surface area is 238 Å². The SMILES string of the molecule is CCCCc1nc(C)n(CC(=O)NCc2ccccc2)c(=O)c1Cc1ccc(-c2ccccc2-c2nnn[nH]2)cc1. The van der Waals surface area contributed by atoms with Gasteiger partial charge in [-0.15, -0.1) is 5.10 Å². The van der Waals surface area contributed by atoms with Crippen molar-refractivity contribution in [1.82, 2.24) is 35.5 Å². The number of hydrogen-bond donors (Lipinski definition) is 2. The molecule has 0 aliphatic heterocycles. The summed E-state index contributed by atoms with van der Waals surface area (Å²) in [6, 6.07) is 25.8. The maximum absolute atomic E-state index is 13.8. The van der Waals surface area contributed by atoms with Crippen molar-refractivity contribution in [3.63, 3.8) is 0 Å². The average molecular weight is 548 g/mol. The molecule has 3 aromatic carbocycles. The number of nitrogens with one attached hydrogen (secondary N) is 2. The van der Waals surface area contributed by atoms with Crippen molar-refractivity contribution in [2.75, 3.05) is 0 Å². The zero-order valence-electron chi connectivity index (χ0n) is 23.3. The summed E-state index contributed by atoms with van der Waals surface area (Å²) >= 11 is 0. The number of unbranched alkanes of at least 4 members (excludes halogenated alkanes) is 1. The predicted octanol–water partition coefficient (Wildman–Crippen LogP) is 4.65. The van der Waals surface area contributed by atoms with Gasteiger partial charge in [0.25, 0.3) is 5.56 Å². The smallest absolute Gasteiger partial charge is 0.257 e. The van der Waals surface area contributed by atoms with Gasteiger partial charge in [0, 0.05) is 24.1 Å². The van der Waals surface area contributed by atoms with Gasteiger partial charge in [-0.25, -0.2) is 10.1 Å². The molecule has 208 valence electrons. The minimum absolute atomic E-state index is 0.0717. The third-order valence-electron chi connectivity index (χ3n) is 7.11. The number of aromatic nitrogens is 6. The number of aryl methyl sites for hydroxylation is 2. The second-order valence-corrected chi connectivity index (χ2v) is 10.0. The van der Waals surface area contributed by atoms with Crippen molar-refractivity contribution >= 4 is 5.91 Å². The van der Waals surface area contributed by atoms with Gasteiger partial charge in [0.2, 0.25) is 5.91 Å². The summed E-state index contributed by atoms with van der Waals surface area (Å²) in [7, 11) is 0. The standard InChI is InChI=1S/C32H33N7O2/c1-3-4-14-29-28(32(41)39(22(2)34-29)21-30(40)33-20-24-10-6-5-7-11-24)19-23-15-17-25(18-16-23)26-12-8-9-13-27(26)31-35-37-38-36-31/h5-13,15-18H,3-4,14,19-21H2,1-2H3,(H,33,40)(H,35,36,37,38). The largest absolute Gasteiger partial charge is 0.350 e. The quantitative estimate of drug-likeness (QED) is 0.249. The van der Waals surface area contributed by atoms with E-state index in [1.165, 1.54) is 4.57 Å². The summed E-state index contributed by atoms with van der Waals surface area (Å²) in [5.74, 6) is 0.927. The Balaban J connectivity index is 1.39. The normalized spacial score (nSPS) is 11.0. The molecule has 2 aromatic heterocycles. The van der Waals surface area contributed by atoms with Crippen molar-refractivity contribution in [1.29, 1.82) is 0 Å². The molecule has 5 aromatic rings. The van der Waals surface area contributed by atoms with Crippen LogP contribution in [-0.4, -0.2) is 36.1 Å². The summed E-state index contributed by atoms with van der Waals surface area (Å²) < 4.78 is 1.49. The lowest BCUT2D eigenvalue weighted by molar-refractivity contribution is -0.121. The molecule has 0 atom stereocenters. The molecule has 9 heteroatoms. The van der Waals surface area contributed by atoms with E-state index in [1.807, 2.05) is 78.9 Å². The number of benzene rings is 3. The first-order valence-electron chi connectivity index (χ1n) is 13.9. The van der Waals surface area contributed by atoms with E-state index in [4.69, 9.17) is 4.98 Å². The minimum Gasteiger partial charge on any atom is -0.350 e. The van der Waals surface area contributed by atoms with E-state index >= 15 is 0 Å². The minimum atomic E-state index is -0.224. The van der Waals surface area contributed by atoms with Crippen LogP contribution >= 0.6 is 0 Å². The molecule has 0 bridgehead atoms. The van der Waals surface area contributed by atoms with E-state index in [2.05, 4.69) is 32.9 Å². The van der Waals surface area contributed by atoms with Crippen molar-refractivity contribution in [3.8, 4) is 22.5 Å². The molecule has 0 radical (unpaired) electrons. The number of H-pyrrole nitrogens is 1. The molecule has 9 nitrogen and oxygen atoms in total. The second-order valence-electron chi connectivity index (χ2n) is 10.0. The second kappa shape index (κ2) is 13.0. The number of nitrogens with zero attached hydrogens (tertiary/aromatic N) is 5. The van der Waals surface area contributed by atoms with E-state index in [0.29, 0.717) is 30.2 Å². The first-order valence-corrected chi connectivity index (χ1v) is 13.9. The Kier molecular flexibility index (Phi) is 8.73. The summed E-state index contributed by atoms with van der Waals surface area (Å²) in [6.45, 7) is 4.25. The van der Waals surface area contributed by atoms with Crippen LogP contribution in [-0.2, 0) is 30.7 Å². The zero-order valence-corrected chi connectivity index (χ0v) is 23.3. The third-order valence-corrected chi connectivity index (χ3v) is 7.11. The molecule has 1 amide bonds. The number of rotatable bonds is 11. The van der Waals surface area contributed by atoms with Crippen LogP contribution in [0.1, 0.15) is 48.0 Å². The third kappa shape index (κ3) is 6.63. The van der Waals surface area contributed by atoms with Gasteiger partial charge in [0.05, 0.1) is 5.69 Å². The maximum atomic E-state index is 13.8. The fourth-order valence-corrected chi connectivity index (χ4v) is 4.89. The number of carbonyl (C=O) groups excluding carboxylic acids is 1. The lowest BCUT2D eigenvalue weighted by atomic mass is 9.96. The van der Waals surface area contributed by atoms with Gasteiger partial charge in [-0.2, -0.15) is 0 Å².